The first-order chi connectivity index (χ1) is 7.25. The fraction of sp³-hybridized carbons (Fsp3) is 0.400. The summed E-state index contributed by atoms with van der Waals surface area (Å²) in [6.45, 7) is 1.67. The zero-order chi connectivity index (χ0) is 10.7. The van der Waals surface area contributed by atoms with Crippen molar-refractivity contribution in [3.63, 3.8) is 0 Å². The van der Waals surface area contributed by atoms with Crippen LogP contribution in [-0.4, -0.2) is 24.0 Å². The van der Waals surface area contributed by atoms with E-state index >= 15 is 0 Å². The van der Waals surface area contributed by atoms with Crippen molar-refractivity contribution >= 4 is 23.2 Å². The number of hydrogen-bond donors (Lipinski definition) is 2. The molecule has 0 aliphatic carbocycles. The molecule has 0 spiro atoms. The van der Waals surface area contributed by atoms with Gasteiger partial charge >= 0.3 is 0 Å². The number of carbonyl (C=O) groups is 1. The van der Waals surface area contributed by atoms with Crippen LogP contribution >= 0.6 is 11.6 Å². The Morgan fingerprint density at radius 2 is 2.53 bits per heavy atom. The number of rotatable bonds is 2. The Bertz CT molecular complexity index is 363. The number of nitrogens with one attached hydrogen (secondary N) is 2. The molecule has 1 aliphatic heterocycles. The van der Waals surface area contributed by atoms with Gasteiger partial charge in [0.2, 0.25) is 5.91 Å². The third-order valence-electron chi connectivity index (χ3n) is 2.43. The van der Waals surface area contributed by atoms with Crippen molar-refractivity contribution in [2.75, 3.05) is 18.4 Å². The van der Waals surface area contributed by atoms with Crippen molar-refractivity contribution in [1.29, 1.82) is 0 Å². The van der Waals surface area contributed by atoms with Gasteiger partial charge in [0.25, 0.3) is 0 Å². The summed E-state index contributed by atoms with van der Waals surface area (Å²) in [7, 11) is 0. The molecular formula is C10H12ClN3O. The van der Waals surface area contributed by atoms with Crippen LogP contribution < -0.4 is 10.6 Å². The normalized spacial score (nSPS) is 20.2. The predicted octanol–water partition coefficient (Wildman–Crippen LogP) is 1.28. The SMILES string of the molecule is O=C(Nc1ccnc(Cl)c1)[C@H]1CCNC1. The van der Waals surface area contributed by atoms with Crippen LogP contribution in [0.15, 0.2) is 18.3 Å². The van der Waals surface area contributed by atoms with Gasteiger partial charge in [-0.3, -0.25) is 4.79 Å². The van der Waals surface area contributed by atoms with Gasteiger partial charge in [-0.05, 0) is 25.1 Å². The van der Waals surface area contributed by atoms with Crippen LogP contribution in [0, 0.1) is 5.92 Å². The van der Waals surface area contributed by atoms with Crippen molar-refractivity contribution in [1.82, 2.24) is 10.3 Å². The molecular weight excluding hydrogens is 214 g/mol. The van der Waals surface area contributed by atoms with Gasteiger partial charge in [0.05, 0.1) is 5.92 Å². The Hall–Kier alpha value is -1.13. The number of amides is 1. The van der Waals surface area contributed by atoms with Crippen molar-refractivity contribution < 1.29 is 4.79 Å². The minimum absolute atomic E-state index is 0.0438. The average molecular weight is 226 g/mol. The lowest BCUT2D eigenvalue weighted by atomic mass is 10.1. The van der Waals surface area contributed by atoms with E-state index in [9.17, 15) is 4.79 Å². The van der Waals surface area contributed by atoms with Crippen LogP contribution in [0.2, 0.25) is 5.15 Å². The number of carbonyl (C=O) groups excluding carboxylic acids is 1. The Kier molecular flexibility index (Phi) is 3.18. The molecule has 0 radical (unpaired) electrons. The molecule has 1 amide bonds. The van der Waals surface area contributed by atoms with E-state index in [1.807, 2.05) is 0 Å². The highest BCUT2D eigenvalue weighted by molar-refractivity contribution is 6.29. The number of anilines is 1. The Balaban J connectivity index is 1.99. The van der Waals surface area contributed by atoms with Crippen LogP contribution in [0.5, 0.6) is 0 Å². The highest BCUT2D eigenvalue weighted by atomic mass is 35.5. The Labute approximate surface area is 93.0 Å². The molecule has 0 aromatic carbocycles. The zero-order valence-electron chi connectivity index (χ0n) is 8.16. The quantitative estimate of drug-likeness (QED) is 0.746. The van der Waals surface area contributed by atoms with E-state index in [1.54, 1.807) is 18.3 Å². The topological polar surface area (TPSA) is 54.0 Å². The van der Waals surface area contributed by atoms with Gasteiger partial charge in [-0.25, -0.2) is 4.98 Å². The van der Waals surface area contributed by atoms with Gasteiger partial charge < -0.3 is 10.6 Å². The summed E-state index contributed by atoms with van der Waals surface area (Å²) in [5.41, 5.74) is 0.701. The van der Waals surface area contributed by atoms with Crippen LogP contribution in [0.3, 0.4) is 0 Å². The smallest absolute Gasteiger partial charge is 0.228 e. The van der Waals surface area contributed by atoms with Gasteiger partial charge in [0.15, 0.2) is 0 Å². The lowest BCUT2D eigenvalue weighted by molar-refractivity contribution is -0.119. The highest BCUT2D eigenvalue weighted by Crippen LogP contribution is 2.15. The molecule has 0 unspecified atom stereocenters. The molecule has 1 aromatic heterocycles. The number of nitrogens with zero attached hydrogens (tertiary/aromatic N) is 1. The molecule has 4 nitrogen and oxygen atoms in total. The number of pyridine rings is 1. The van der Waals surface area contributed by atoms with E-state index in [-0.39, 0.29) is 11.8 Å². The van der Waals surface area contributed by atoms with Gasteiger partial charge in [0, 0.05) is 18.4 Å². The molecule has 5 heteroatoms. The van der Waals surface area contributed by atoms with Gasteiger partial charge in [0.1, 0.15) is 5.15 Å². The third-order valence-corrected chi connectivity index (χ3v) is 2.63. The molecule has 2 N–H and O–H groups in total. The summed E-state index contributed by atoms with van der Waals surface area (Å²) in [4.78, 5) is 15.6. The van der Waals surface area contributed by atoms with Gasteiger partial charge in [-0.1, -0.05) is 11.6 Å². The number of aromatic nitrogens is 1. The van der Waals surface area contributed by atoms with E-state index in [2.05, 4.69) is 15.6 Å². The van der Waals surface area contributed by atoms with E-state index in [1.165, 1.54) is 0 Å². The Morgan fingerprint density at radius 3 is 3.20 bits per heavy atom. The zero-order valence-corrected chi connectivity index (χ0v) is 8.92. The summed E-state index contributed by atoms with van der Waals surface area (Å²) in [5, 5.41) is 6.36. The monoisotopic (exact) mass is 225 g/mol. The molecule has 0 bridgehead atoms. The van der Waals surface area contributed by atoms with Crippen LogP contribution in [-0.2, 0) is 4.79 Å². The van der Waals surface area contributed by atoms with E-state index in [4.69, 9.17) is 11.6 Å². The maximum atomic E-state index is 11.7. The van der Waals surface area contributed by atoms with E-state index in [0.29, 0.717) is 10.8 Å². The van der Waals surface area contributed by atoms with Crippen LogP contribution in [0.1, 0.15) is 6.42 Å². The lowest BCUT2D eigenvalue weighted by Gasteiger charge is -2.09. The van der Waals surface area contributed by atoms with E-state index in [0.717, 1.165) is 19.5 Å². The first-order valence-corrected chi connectivity index (χ1v) is 5.26. The molecule has 1 atom stereocenters. The molecule has 0 saturated carbocycles. The molecule has 2 rings (SSSR count). The summed E-state index contributed by atoms with van der Waals surface area (Å²) in [6, 6.07) is 3.37. The van der Waals surface area contributed by atoms with Crippen molar-refractivity contribution in [2.45, 2.75) is 6.42 Å². The third kappa shape index (κ3) is 2.67. The van der Waals surface area contributed by atoms with Crippen LogP contribution in [0.4, 0.5) is 5.69 Å². The Morgan fingerprint density at radius 1 is 1.67 bits per heavy atom. The number of halogens is 1. The molecule has 2 heterocycles. The minimum Gasteiger partial charge on any atom is -0.326 e. The summed E-state index contributed by atoms with van der Waals surface area (Å²) >= 11 is 5.71. The molecule has 1 aliphatic rings. The first-order valence-electron chi connectivity index (χ1n) is 4.89. The molecule has 1 fully saturated rings. The molecule has 1 aromatic rings. The van der Waals surface area contributed by atoms with Gasteiger partial charge in [-0.2, -0.15) is 0 Å². The van der Waals surface area contributed by atoms with Crippen LogP contribution in [0.25, 0.3) is 0 Å². The summed E-state index contributed by atoms with van der Waals surface area (Å²) in [5.74, 6) is 0.110. The fourth-order valence-electron chi connectivity index (χ4n) is 1.60. The maximum Gasteiger partial charge on any atom is 0.228 e. The van der Waals surface area contributed by atoms with Gasteiger partial charge in [-0.15, -0.1) is 0 Å². The summed E-state index contributed by atoms with van der Waals surface area (Å²) < 4.78 is 0. The second-order valence-corrected chi connectivity index (χ2v) is 3.93. The number of hydrogen-bond acceptors (Lipinski definition) is 3. The molecule has 15 heavy (non-hydrogen) atoms. The second kappa shape index (κ2) is 4.59. The summed E-state index contributed by atoms with van der Waals surface area (Å²) in [6.07, 6.45) is 2.47. The fourth-order valence-corrected chi connectivity index (χ4v) is 1.78. The largest absolute Gasteiger partial charge is 0.326 e. The molecule has 80 valence electrons. The maximum absolute atomic E-state index is 11.7. The van der Waals surface area contributed by atoms with Crippen molar-refractivity contribution in [2.24, 2.45) is 5.92 Å². The standard InChI is InChI=1S/C10H12ClN3O/c11-9-5-8(2-4-13-9)14-10(15)7-1-3-12-6-7/h2,4-5,7,12H,1,3,6H2,(H,13,14,15)/t7-/m0/s1. The minimum atomic E-state index is 0.0438. The average Bonchev–Trinajstić information content (AvgIpc) is 2.70. The highest BCUT2D eigenvalue weighted by Gasteiger charge is 2.22. The van der Waals surface area contributed by atoms with Crippen molar-refractivity contribution in [3.05, 3.63) is 23.5 Å². The first kappa shape index (κ1) is 10.4. The molecule has 1 saturated heterocycles. The van der Waals surface area contributed by atoms with Crippen molar-refractivity contribution in [3.8, 4) is 0 Å². The predicted molar refractivity (Wildman–Crippen MR) is 58.9 cm³/mol. The lowest BCUT2D eigenvalue weighted by Crippen LogP contribution is -2.24. The second-order valence-electron chi connectivity index (χ2n) is 3.55. The van der Waals surface area contributed by atoms with E-state index < -0.39 is 0 Å².